The Morgan fingerprint density at radius 2 is 1.76 bits per heavy atom. The molecule has 2 aromatic carbocycles. The van der Waals surface area contributed by atoms with Crippen molar-refractivity contribution >= 4 is 17.2 Å². The molecule has 3 aromatic rings. The number of aromatic nitrogens is 1. The van der Waals surface area contributed by atoms with Crippen molar-refractivity contribution in [2.45, 2.75) is 20.1 Å². The molecule has 5 nitrogen and oxygen atoms in total. The van der Waals surface area contributed by atoms with Gasteiger partial charge in [-0.2, -0.15) is 0 Å². The van der Waals surface area contributed by atoms with Crippen LogP contribution in [0.5, 0.6) is 5.75 Å². The predicted octanol–water partition coefficient (Wildman–Crippen LogP) is 3.99. The topological polar surface area (TPSA) is 45.7 Å². The van der Waals surface area contributed by atoms with Gasteiger partial charge in [-0.3, -0.25) is 9.69 Å². The molecule has 4 rings (SSSR count). The van der Waals surface area contributed by atoms with Gasteiger partial charge in [0.05, 0.1) is 0 Å². The predicted molar refractivity (Wildman–Crippen MR) is 115 cm³/mol. The first-order valence-corrected chi connectivity index (χ1v) is 10.7. The van der Waals surface area contributed by atoms with E-state index in [2.05, 4.69) is 34.1 Å². The van der Waals surface area contributed by atoms with Crippen molar-refractivity contribution in [3.05, 3.63) is 81.8 Å². The third-order valence-corrected chi connectivity index (χ3v) is 5.88. The second-order valence-electron chi connectivity index (χ2n) is 7.28. The van der Waals surface area contributed by atoms with Crippen LogP contribution in [0.2, 0.25) is 0 Å². The maximum atomic E-state index is 12.8. The Morgan fingerprint density at radius 3 is 2.48 bits per heavy atom. The van der Waals surface area contributed by atoms with Crippen molar-refractivity contribution in [2.24, 2.45) is 0 Å². The highest BCUT2D eigenvalue weighted by molar-refractivity contribution is 7.09. The van der Waals surface area contributed by atoms with E-state index in [-0.39, 0.29) is 5.91 Å². The van der Waals surface area contributed by atoms with E-state index in [4.69, 9.17) is 4.74 Å². The molecule has 29 heavy (non-hydrogen) atoms. The van der Waals surface area contributed by atoms with E-state index in [9.17, 15) is 4.79 Å². The first kappa shape index (κ1) is 19.6. The average molecular weight is 408 g/mol. The number of benzene rings is 2. The Labute approximate surface area is 175 Å². The minimum atomic E-state index is 0.0159. The second-order valence-corrected chi connectivity index (χ2v) is 8.22. The maximum absolute atomic E-state index is 12.8. The van der Waals surface area contributed by atoms with Crippen LogP contribution < -0.4 is 4.74 Å². The van der Waals surface area contributed by atoms with Gasteiger partial charge in [0.15, 0.2) is 0 Å². The van der Waals surface area contributed by atoms with Crippen molar-refractivity contribution in [3.8, 4) is 5.75 Å². The zero-order chi connectivity index (χ0) is 20.1. The van der Waals surface area contributed by atoms with Gasteiger partial charge in [-0.15, -0.1) is 11.3 Å². The first-order valence-electron chi connectivity index (χ1n) is 9.87. The van der Waals surface area contributed by atoms with Crippen molar-refractivity contribution in [3.63, 3.8) is 0 Å². The van der Waals surface area contributed by atoms with E-state index in [1.165, 1.54) is 22.5 Å². The normalized spacial score (nSPS) is 14.7. The second kappa shape index (κ2) is 9.20. The molecule has 0 radical (unpaired) electrons. The molecule has 0 aliphatic carbocycles. The summed E-state index contributed by atoms with van der Waals surface area (Å²) in [6, 6.07) is 18.4. The SMILES string of the molecule is Cc1ccc(OCc2nc(C(=O)N3CCN(Cc4ccccc4)CC3)cs2)cc1. The molecule has 1 aliphatic heterocycles. The summed E-state index contributed by atoms with van der Waals surface area (Å²) in [5.74, 6) is 0.829. The zero-order valence-electron chi connectivity index (χ0n) is 16.6. The number of carbonyl (C=O) groups is 1. The molecule has 0 unspecified atom stereocenters. The summed E-state index contributed by atoms with van der Waals surface area (Å²) >= 11 is 1.47. The molecule has 0 N–H and O–H groups in total. The van der Waals surface area contributed by atoms with Gasteiger partial charge in [-0.1, -0.05) is 48.0 Å². The Hall–Kier alpha value is -2.70. The number of aryl methyl sites for hydroxylation is 1. The first-order chi connectivity index (χ1) is 14.2. The van der Waals surface area contributed by atoms with Gasteiger partial charge in [-0.25, -0.2) is 4.98 Å². The largest absolute Gasteiger partial charge is 0.486 e. The lowest BCUT2D eigenvalue weighted by molar-refractivity contribution is 0.0623. The zero-order valence-corrected chi connectivity index (χ0v) is 17.4. The van der Waals surface area contributed by atoms with Crippen LogP contribution in [-0.4, -0.2) is 46.9 Å². The number of ether oxygens (including phenoxy) is 1. The van der Waals surface area contributed by atoms with Crippen molar-refractivity contribution in [2.75, 3.05) is 26.2 Å². The Bertz CT molecular complexity index is 932. The lowest BCUT2D eigenvalue weighted by Gasteiger charge is -2.34. The summed E-state index contributed by atoms with van der Waals surface area (Å²) in [6.07, 6.45) is 0. The average Bonchev–Trinajstić information content (AvgIpc) is 3.23. The van der Waals surface area contributed by atoms with Crippen LogP contribution in [0.25, 0.3) is 0 Å². The number of thiazole rings is 1. The van der Waals surface area contributed by atoms with Gasteiger partial charge >= 0.3 is 0 Å². The van der Waals surface area contributed by atoms with Crippen molar-refractivity contribution < 1.29 is 9.53 Å². The molecular weight excluding hydrogens is 382 g/mol. The number of hydrogen-bond acceptors (Lipinski definition) is 5. The highest BCUT2D eigenvalue weighted by atomic mass is 32.1. The fourth-order valence-electron chi connectivity index (χ4n) is 3.37. The molecule has 1 fully saturated rings. The molecule has 150 valence electrons. The number of piperazine rings is 1. The minimum absolute atomic E-state index is 0.0159. The molecule has 0 bridgehead atoms. The molecule has 2 heterocycles. The van der Waals surface area contributed by atoms with Crippen LogP contribution in [0.1, 0.15) is 26.6 Å². The molecule has 1 saturated heterocycles. The fraction of sp³-hybridized carbons (Fsp3) is 0.304. The Kier molecular flexibility index (Phi) is 6.22. The van der Waals surface area contributed by atoms with E-state index in [1.54, 1.807) is 0 Å². The molecule has 1 amide bonds. The monoisotopic (exact) mass is 407 g/mol. The van der Waals surface area contributed by atoms with Crippen LogP contribution >= 0.6 is 11.3 Å². The van der Waals surface area contributed by atoms with Gasteiger partial charge in [0.25, 0.3) is 5.91 Å². The number of hydrogen-bond donors (Lipinski definition) is 0. The van der Waals surface area contributed by atoms with E-state index < -0.39 is 0 Å². The summed E-state index contributed by atoms with van der Waals surface area (Å²) in [5, 5.41) is 2.66. The standard InChI is InChI=1S/C23H25N3O2S/c1-18-7-9-20(10-8-18)28-16-22-24-21(17-29-22)23(27)26-13-11-25(12-14-26)15-19-5-3-2-4-6-19/h2-10,17H,11-16H2,1H3. The number of amides is 1. The van der Waals surface area contributed by atoms with E-state index in [1.807, 2.05) is 47.5 Å². The summed E-state index contributed by atoms with van der Waals surface area (Å²) in [6.45, 7) is 6.59. The quantitative estimate of drug-likeness (QED) is 0.620. The van der Waals surface area contributed by atoms with Crippen LogP contribution in [0.15, 0.2) is 60.0 Å². The van der Waals surface area contributed by atoms with E-state index >= 15 is 0 Å². The molecule has 1 aliphatic rings. The molecule has 0 saturated carbocycles. The smallest absolute Gasteiger partial charge is 0.273 e. The maximum Gasteiger partial charge on any atom is 0.273 e. The minimum Gasteiger partial charge on any atom is -0.486 e. The van der Waals surface area contributed by atoms with Crippen LogP contribution in [0.3, 0.4) is 0 Å². The lowest BCUT2D eigenvalue weighted by Crippen LogP contribution is -2.48. The van der Waals surface area contributed by atoms with Crippen LogP contribution in [-0.2, 0) is 13.2 Å². The summed E-state index contributed by atoms with van der Waals surface area (Å²) in [5.41, 5.74) is 3.03. The van der Waals surface area contributed by atoms with Gasteiger partial charge in [0.1, 0.15) is 23.1 Å². The third kappa shape index (κ3) is 5.22. The molecular formula is C23H25N3O2S. The summed E-state index contributed by atoms with van der Waals surface area (Å²) in [7, 11) is 0. The fourth-order valence-corrected chi connectivity index (χ4v) is 4.05. The van der Waals surface area contributed by atoms with Gasteiger partial charge < -0.3 is 9.64 Å². The number of rotatable bonds is 6. The van der Waals surface area contributed by atoms with E-state index in [0.29, 0.717) is 12.3 Å². The molecule has 6 heteroatoms. The third-order valence-electron chi connectivity index (χ3n) is 5.06. The Morgan fingerprint density at radius 1 is 1.03 bits per heavy atom. The molecule has 1 aromatic heterocycles. The molecule has 0 spiro atoms. The summed E-state index contributed by atoms with van der Waals surface area (Å²) < 4.78 is 5.77. The Balaban J connectivity index is 1.27. The van der Waals surface area contributed by atoms with Gasteiger partial charge in [-0.05, 0) is 24.6 Å². The van der Waals surface area contributed by atoms with Crippen molar-refractivity contribution in [1.82, 2.24) is 14.8 Å². The van der Waals surface area contributed by atoms with Gasteiger partial charge in [0.2, 0.25) is 0 Å². The van der Waals surface area contributed by atoms with Crippen molar-refractivity contribution in [1.29, 1.82) is 0 Å². The van der Waals surface area contributed by atoms with E-state index in [0.717, 1.165) is 43.5 Å². The van der Waals surface area contributed by atoms with Crippen LogP contribution in [0.4, 0.5) is 0 Å². The van der Waals surface area contributed by atoms with Crippen LogP contribution in [0, 0.1) is 6.92 Å². The number of nitrogens with zero attached hydrogens (tertiary/aromatic N) is 3. The summed E-state index contributed by atoms with van der Waals surface area (Å²) in [4.78, 5) is 21.6. The lowest BCUT2D eigenvalue weighted by atomic mass is 10.2. The highest BCUT2D eigenvalue weighted by Gasteiger charge is 2.24. The molecule has 0 atom stereocenters. The highest BCUT2D eigenvalue weighted by Crippen LogP contribution is 2.18. The number of carbonyl (C=O) groups excluding carboxylic acids is 1. The van der Waals surface area contributed by atoms with Gasteiger partial charge in [0, 0.05) is 38.1 Å².